The highest BCUT2D eigenvalue weighted by atomic mass is 16.4. The molecule has 2 heterocycles. The van der Waals surface area contributed by atoms with E-state index in [9.17, 15) is 14.4 Å². The Balaban J connectivity index is 1.61. The molecule has 7 heteroatoms. The molecule has 2 N–H and O–H groups in total. The van der Waals surface area contributed by atoms with E-state index in [4.69, 9.17) is 4.42 Å². The van der Waals surface area contributed by atoms with Crippen molar-refractivity contribution in [1.82, 2.24) is 10.2 Å². The lowest BCUT2D eigenvalue weighted by Crippen LogP contribution is -2.40. The number of fused-ring (bicyclic) bond motifs is 1. The first kappa shape index (κ1) is 22.0. The second-order valence-electron chi connectivity index (χ2n) is 8.03. The number of carbonyl (C=O) groups is 2. The Morgan fingerprint density at radius 2 is 1.93 bits per heavy atom. The Labute approximate surface area is 176 Å². The Bertz CT molecular complexity index is 945. The molecular weight excluding hydrogens is 382 g/mol. The number of carbonyl (C=O) groups excluding carboxylic acids is 2. The molecule has 0 radical (unpaired) electrons. The van der Waals surface area contributed by atoms with Gasteiger partial charge >= 0.3 is 5.63 Å². The number of benzene rings is 1. The fourth-order valence-electron chi connectivity index (χ4n) is 3.97. The molecule has 1 aliphatic rings. The highest BCUT2D eigenvalue weighted by molar-refractivity contribution is 5.92. The van der Waals surface area contributed by atoms with Crippen LogP contribution >= 0.6 is 0 Å². The van der Waals surface area contributed by atoms with E-state index in [0.717, 1.165) is 62.7 Å². The highest BCUT2D eigenvalue weighted by Gasteiger charge is 2.25. The lowest BCUT2D eigenvalue weighted by molar-refractivity contribution is -0.126. The van der Waals surface area contributed by atoms with E-state index >= 15 is 0 Å². The monoisotopic (exact) mass is 413 g/mol. The molecule has 0 unspecified atom stereocenters. The van der Waals surface area contributed by atoms with Gasteiger partial charge in [0, 0.05) is 49.1 Å². The Hall–Kier alpha value is -2.67. The van der Waals surface area contributed by atoms with Crippen LogP contribution in [0.3, 0.4) is 0 Å². The molecule has 0 saturated carbocycles. The van der Waals surface area contributed by atoms with Crippen molar-refractivity contribution in [2.24, 2.45) is 5.92 Å². The minimum atomic E-state index is -0.404. The number of unbranched alkanes of at least 4 members (excludes halogenated alkanes) is 2. The molecule has 30 heavy (non-hydrogen) atoms. The standard InChI is InChI=1S/C23H31N3O4/c1-3-4-5-10-24-23(29)17-8-11-26(12-9-17)15-18-13-22(28)30-21-14-19(25-16(2)27)6-7-20(18)21/h6-7,13-14,17H,3-5,8-12,15H2,1-2H3,(H,24,29)(H,25,27). The number of piperidine rings is 1. The first-order chi connectivity index (χ1) is 14.5. The third-order valence-electron chi connectivity index (χ3n) is 5.58. The van der Waals surface area contributed by atoms with Crippen LogP contribution in [-0.2, 0) is 16.1 Å². The molecule has 2 aromatic rings. The fourth-order valence-corrected chi connectivity index (χ4v) is 3.97. The summed E-state index contributed by atoms with van der Waals surface area (Å²) in [6.07, 6.45) is 4.98. The molecule has 1 saturated heterocycles. The molecule has 1 aromatic heterocycles. The Morgan fingerprint density at radius 3 is 2.63 bits per heavy atom. The number of likely N-dealkylation sites (tertiary alicyclic amines) is 1. The van der Waals surface area contributed by atoms with E-state index in [0.29, 0.717) is 17.8 Å². The van der Waals surface area contributed by atoms with Crippen molar-refractivity contribution in [3.8, 4) is 0 Å². The summed E-state index contributed by atoms with van der Waals surface area (Å²) in [5, 5.41) is 6.63. The van der Waals surface area contributed by atoms with Crippen molar-refractivity contribution < 1.29 is 14.0 Å². The molecule has 1 fully saturated rings. The molecule has 1 aliphatic heterocycles. The van der Waals surface area contributed by atoms with E-state index < -0.39 is 5.63 Å². The topological polar surface area (TPSA) is 91.7 Å². The summed E-state index contributed by atoms with van der Waals surface area (Å²) in [5.41, 5.74) is 1.56. The number of rotatable bonds is 8. The minimum absolute atomic E-state index is 0.0701. The second kappa shape index (κ2) is 10.4. The van der Waals surface area contributed by atoms with Gasteiger partial charge < -0.3 is 15.1 Å². The predicted molar refractivity (Wildman–Crippen MR) is 117 cm³/mol. The van der Waals surface area contributed by atoms with Gasteiger partial charge in [-0.05, 0) is 50.0 Å². The molecule has 0 bridgehead atoms. The molecular formula is C23H31N3O4. The molecule has 0 aliphatic carbocycles. The van der Waals surface area contributed by atoms with Crippen LogP contribution in [0.5, 0.6) is 0 Å². The largest absolute Gasteiger partial charge is 0.423 e. The molecule has 7 nitrogen and oxygen atoms in total. The first-order valence-corrected chi connectivity index (χ1v) is 10.8. The number of nitrogens with one attached hydrogen (secondary N) is 2. The average Bonchev–Trinajstić information content (AvgIpc) is 2.71. The number of anilines is 1. The second-order valence-corrected chi connectivity index (χ2v) is 8.03. The van der Waals surface area contributed by atoms with Crippen LogP contribution in [0, 0.1) is 5.92 Å². The lowest BCUT2D eigenvalue weighted by Gasteiger charge is -2.31. The summed E-state index contributed by atoms with van der Waals surface area (Å²) >= 11 is 0. The van der Waals surface area contributed by atoms with Gasteiger partial charge in [-0.3, -0.25) is 14.5 Å². The quantitative estimate of drug-likeness (QED) is 0.512. The molecule has 162 valence electrons. The number of amides is 2. The van der Waals surface area contributed by atoms with Crippen molar-refractivity contribution in [2.75, 3.05) is 25.0 Å². The molecule has 0 atom stereocenters. The van der Waals surface area contributed by atoms with Gasteiger partial charge in [0.2, 0.25) is 11.8 Å². The fraction of sp³-hybridized carbons (Fsp3) is 0.522. The maximum absolute atomic E-state index is 12.3. The van der Waals surface area contributed by atoms with Gasteiger partial charge in [0.05, 0.1) is 0 Å². The third kappa shape index (κ3) is 5.92. The molecule has 0 spiro atoms. The van der Waals surface area contributed by atoms with Crippen molar-refractivity contribution in [1.29, 1.82) is 0 Å². The highest BCUT2D eigenvalue weighted by Crippen LogP contribution is 2.25. The zero-order valence-corrected chi connectivity index (χ0v) is 17.8. The van der Waals surface area contributed by atoms with Crippen LogP contribution < -0.4 is 16.3 Å². The predicted octanol–water partition coefficient (Wildman–Crippen LogP) is 3.27. The number of hydrogen-bond donors (Lipinski definition) is 2. The van der Waals surface area contributed by atoms with Crippen molar-refractivity contribution in [3.63, 3.8) is 0 Å². The van der Waals surface area contributed by atoms with E-state index in [1.54, 1.807) is 6.07 Å². The van der Waals surface area contributed by atoms with Gasteiger partial charge in [-0.1, -0.05) is 19.8 Å². The summed E-state index contributed by atoms with van der Waals surface area (Å²) in [4.78, 5) is 37.9. The lowest BCUT2D eigenvalue weighted by atomic mass is 9.95. The number of nitrogens with zero attached hydrogens (tertiary/aromatic N) is 1. The minimum Gasteiger partial charge on any atom is -0.423 e. The maximum Gasteiger partial charge on any atom is 0.336 e. The van der Waals surface area contributed by atoms with Gasteiger partial charge in [0.15, 0.2) is 0 Å². The average molecular weight is 414 g/mol. The van der Waals surface area contributed by atoms with Gasteiger partial charge in [0.1, 0.15) is 5.58 Å². The van der Waals surface area contributed by atoms with Crippen LogP contribution in [0.25, 0.3) is 11.0 Å². The summed E-state index contributed by atoms with van der Waals surface area (Å²) in [7, 11) is 0. The van der Waals surface area contributed by atoms with Crippen molar-refractivity contribution in [2.45, 2.75) is 52.5 Å². The summed E-state index contributed by atoms with van der Waals surface area (Å²) in [6, 6.07) is 6.89. The molecule has 2 amide bonds. The van der Waals surface area contributed by atoms with Gasteiger partial charge in [0.25, 0.3) is 0 Å². The van der Waals surface area contributed by atoms with Crippen LogP contribution in [-0.4, -0.2) is 36.3 Å². The zero-order valence-electron chi connectivity index (χ0n) is 17.8. The Morgan fingerprint density at radius 1 is 1.17 bits per heavy atom. The van der Waals surface area contributed by atoms with Gasteiger partial charge in [-0.2, -0.15) is 0 Å². The molecule has 3 rings (SSSR count). The smallest absolute Gasteiger partial charge is 0.336 e. The van der Waals surface area contributed by atoms with Gasteiger partial charge in [-0.15, -0.1) is 0 Å². The summed E-state index contributed by atoms with van der Waals surface area (Å²) in [6.45, 7) is 6.62. The third-order valence-corrected chi connectivity index (χ3v) is 5.58. The van der Waals surface area contributed by atoms with E-state index in [2.05, 4.69) is 22.5 Å². The van der Waals surface area contributed by atoms with Gasteiger partial charge in [-0.25, -0.2) is 4.79 Å². The summed E-state index contributed by atoms with van der Waals surface area (Å²) < 4.78 is 5.34. The maximum atomic E-state index is 12.3. The van der Waals surface area contributed by atoms with Crippen LogP contribution in [0.1, 0.15) is 51.5 Å². The van der Waals surface area contributed by atoms with E-state index in [1.807, 2.05) is 12.1 Å². The normalized spacial score (nSPS) is 15.3. The van der Waals surface area contributed by atoms with Crippen molar-refractivity contribution >= 4 is 28.5 Å². The Kier molecular flexibility index (Phi) is 7.63. The van der Waals surface area contributed by atoms with Crippen LogP contribution in [0.2, 0.25) is 0 Å². The SMILES string of the molecule is CCCCCNC(=O)C1CCN(Cc2cc(=O)oc3cc(NC(C)=O)ccc23)CC1. The zero-order chi connectivity index (χ0) is 21.5. The van der Waals surface area contributed by atoms with Crippen LogP contribution in [0.15, 0.2) is 33.5 Å². The first-order valence-electron chi connectivity index (χ1n) is 10.8. The van der Waals surface area contributed by atoms with Crippen molar-refractivity contribution in [3.05, 3.63) is 40.2 Å². The van der Waals surface area contributed by atoms with Crippen LogP contribution in [0.4, 0.5) is 5.69 Å². The van der Waals surface area contributed by atoms with E-state index in [-0.39, 0.29) is 17.7 Å². The summed E-state index contributed by atoms with van der Waals surface area (Å²) in [5.74, 6) is 0.0628. The number of hydrogen-bond acceptors (Lipinski definition) is 5. The molecule has 1 aromatic carbocycles. The van der Waals surface area contributed by atoms with E-state index in [1.165, 1.54) is 13.0 Å².